The average Bonchev–Trinajstić information content (AvgIpc) is 3.71. The molecule has 0 spiro atoms. The molecule has 2 unspecified atom stereocenters. The lowest BCUT2D eigenvalue weighted by Crippen LogP contribution is -2.30. The van der Waals surface area contributed by atoms with E-state index in [4.69, 9.17) is 37.0 Å². The molecule has 528 valence electrons. The minimum Gasteiger partial charge on any atom is -0.462 e. The second-order valence-corrected chi connectivity index (χ2v) is 29.1. The number of phosphoric ester groups is 2. The summed E-state index contributed by atoms with van der Waals surface area (Å²) in [5.41, 5.74) is 0. The summed E-state index contributed by atoms with van der Waals surface area (Å²) in [6, 6.07) is 0. The molecular weight excluding hydrogens is 1170 g/mol. The lowest BCUT2D eigenvalue weighted by molar-refractivity contribution is -0.161. The SMILES string of the molecule is CCCCCCCCCCCCCCCCCC(=O)OC[C@H](COP(=O)(O)OC[C@@H](O)COP(=O)(O)OC[C@@H](COC(=O)CCCCCCC)OC(=O)CCCCCCCCCCC(C)C)OC(=O)CCCCCCCCCCCCCCCCCC(C)C. The molecule has 0 aliphatic rings. The van der Waals surface area contributed by atoms with Crippen LogP contribution in [0.1, 0.15) is 356 Å². The molecule has 89 heavy (non-hydrogen) atoms. The number of phosphoric acid groups is 2. The van der Waals surface area contributed by atoms with Gasteiger partial charge in [0, 0.05) is 25.7 Å². The fourth-order valence-corrected chi connectivity index (χ4v) is 12.2. The van der Waals surface area contributed by atoms with E-state index >= 15 is 0 Å². The number of esters is 4. The lowest BCUT2D eigenvalue weighted by Gasteiger charge is -2.21. The van der Waals surface area contributed by atoms with Gasteiger partial charge in [-0.3, -0.25) is 37.3 Å². The third kappa shape index (κ3) is 64.6. The predicted octanol–water partition coefficient (Wildman–Crippen LogP) is 20.0. The predicted molar refractivity (Wildman–Crippen MR) is 358 cm³/mol. The lowest BCUT2D eigenvalue weighted by atomic mass is 10.0. The number of hydrogen-bond donors (Lipinski definition) is 3. The monoisotopic (exact) mass is 1310 g/mol. The molecule has 0 rings (SSSR count). The van der Waals surface area contributed by atoms with Crippen LogP contribution in [-0.4, -0.2) is 96.7 Å². The molecule has 0 fully saturated rings. The Morgan fingerprint density at radius 3 is 0.764 bits per heavy atom. The van der Waals surface area contributed by atoms with E-state index in [2.05, 4.69) is 41.5 Å². The topological polar surface area (TPSA) is 237 Å². The van der Waals surface area contributed by atoms with E-state index < -0.39 is 97.5 Å². The summed E-state index contributed by atoms with van der Waals surface area (Å²) in [4.78, 5) is 72.3. The Kier molecular flexibility index (Phi) is 60.8. The molecule has 17 nitrogen and oxygen atoms in total. The Labute approximate surface area is 543 Å². The maximum Gasteiger partial charge on any atom is 0.472 e. The van der Waals surface area contributed by atoms with Gasteiger partial charge in [-0.2, -0.15) is 0 Å². The molecule has 0 saturated heterocycles. The van der Waals surface area contributed by atoms with Crippen LogP contribution < -0.4 is 0 Å². The molecule has 0 amide bonds. The molecule has 0 heterocycles. The Bertz CT molecular complexity index is 1730. The van der Waals surface area contributed by atoms with Gasteiger partial charge in [-0.15, -0.1) is 0 Å². The largest absolute Gasteiger partial charge is 0.472 e. The number of carbonyl (C=O) groups is 4. The molecule has 0 aromatic heterocycles. The first kappa shape index (κ1) is 87.1. The van der Waals surface area contributed by atoms with Gasteiger partial charge in [0.1, 0.15) is 19.3 Å². The number of ether oxygens (including phenoxy) is 4. The molecule has 0 radical (unpaired) electrons. The van der Waals surface area contributed by atoms with Crippen LogP contribution in [0.2, 0.25) is 0 Å². The summed E-state index contributed by atoms with van der Waals surface area (Å²) in [5, 5.41) is 10.6. The summed E-state index contributed by atoms with van der Waals surface area (Å²) in [7, 11) is -9.89. The van der Waals surface area contributed by atoms with Crippen LogP contribution in [0, 0.1) is 11.8 Å². The van der Waals surface area contributed by atoms with Crippen LogP contribution in [-0.2, 0) is 65.4 Å². The summed E-state index contributed by atoms with van der Waals surface area (Å²) >= 11 is 0. The van der Waals surface area contributed by atoms with E-state index in [1.54, 1.807) is 0 Å². The highest BCUT2D eigenvalue weighted by Crippen LogP contribution is 2.45. The molecule has 3 N–H and O–H groups in total. The number of carbonyl (C=O) groups excluding carboxylic acids is 4. The first-order chi connectivity index (χ1) is 42.9. The Morgan fingerprint density at radius 1 is 0.303 bits per heavy atom. The summed E-state index contributed by atoms with van der Waals surface area (Å²) in [5.74, 6) is -0.615. The van der Waals surface area contributed by atoms with Crippen LogP contribution in [0.5, 0.6) is 0 Å². The minimum atomic E-state index is -4.95. The molecule has 0 aliphatic heterocycles. The van der Waals surface area contributed by atoms with Crippen LogP contribution in [0.25, 0.3) is 0 Å². The number of rotatable bonds is 69. The van der Waals surface area contributed by atoms with Gasteiger partial charge in [0.2, 0.25) is 0 Å². The number of aliphatic hydroxyl groups is 1. The second kappa shape index (κ2) is 62.2. The van der Waals surface area contributed by atoms with Gasteiger partial charge in [0.25, 0.3) is 0 Å². The highest BCUT2D eigenvalue weighted by atomic mass is 31.2. The maximum absolute atomic E-state index is 13.0. The van der Waals surface area contributed by atoms with E-state index in [0.717, 1.165) is 108 Å². The van der Waals surface area contributed by atoms with Crippen molar-refractivity contribution in [3.05, 3.63) is 0 Å². The van der Waals surface area contributed by atoms with Gasteiger partial charge in [-0.05, 0) is 37.5 Å². The average molecular weight is 1310 g/mol. The van der Waals surface area contributed by atoms with Crippen molar-refractivity contribution in [1.82, 2.24) is 0 Å². The highest BCUT2D eigenvalue weighted by molar-refractivity contribution is 7.47. The minimum absolute atomic E-state index is 0.104. The zero-order chi connectivity index (χ0) is 65.7. The van der Waals surface area contributed by atoms with Crippen molar-refractivity contribution in [3.8, 4) is 0 Å². The first-order valence-corrected chi connectivity index (χ1v) is 39.5. The van der Waals surface area contributed by atoms with Crippen LogP contribution >= 0.6 is 15.6 Å². The van der Waals surface area contributed by atoms with Crippen molar-refractivity contribution < 1.29 is 80.2 Å². The van der Waals surface area contributed by atoms with Crippen molar-refractivity contribution in [1.29, 1.82) is 0 Å². The zero-order valence-corrected chi connectivity index (χ0v) is 59.5. The molecule has 0 aromatic carbocycles. The molecule has 19 heteroatoms. The Hall–Kier alpha value is -1.94. The summed E-state index contributed by atoms with van der Waals surface area (Å²) in [6.07, 6.45) is 47.6. The quantitative estimate of drug-likeness (QED) is 0.0222. The molecular formula is C70H136O17P2. The second-order valence-electron chi connectivity index (χ2n) is 26.2. The van der Waals surface area contributed by atoms with Gasteiger partial charge in [-0.25, -0.2) is 9.13 Å². The third-order valence-electron chi connectivity index (χ3n) is 16.2. The Balaban J connectivity index is 5.15. The number of hydrogen-bond acceptors (Lipinski definition) is 15. The fraction of sp³-hybridized carbons (Fsp3) is 0.943. The van der Waals surface area contributed by atoms with Crippen molar-refractivity contribution >= 4 is 39.5 Å². The summed E-state index contributed by atoms with van der Waals surface area (Å²) < 4.78 is 68.1. The van der Waals surface area contributed by atoms with Crippen LogP contribution in [0.3, 0.4) is 0 Å². The normalized spacial score (nSPS) is 14.1. The molecule has 0 aromatic rings. The van der Waals surface area contributed by atoms with Gasteiger partial charge >= 0.3 is 39.5 Å². The molecule has 0 bridgehead atoms. The van der Waals surface area contributed by atoms with Crippen molar-refractivity contribution in [2.75, 3.05) is 39.6 Å². The van der Waals surface area contributed by atoms with Crippen molar-refractivity contribution in [3.63, 3.8) is 0 Å². The van der Waals surface area contributed by atoms with E-state index in [1.165, 1.54) is 167 Å². The number of aliphatic hydroxyl groups excluding tert-OH is 1. The maximum atomic E-state index is 13.0. The molecule has 0 saturated carbocycles. The van der Waals surface area contributed by atoms with Gasteiger partial charge < -0.3 is 33.8 Å². The first-order valence-electron chi connectivity index (χ1n) is 36.5. The molecule has 0 aliphatic carbocycles. The zero-order valence-electron chi connectivity index (χ0n) is 57.7. The highest BCUT2D eigenvalue weighted by Gasteiger charge is 2.30. The Morgan fingerprint density at radius 2 is 0.517 bits per heavy atom. The van der Waals surface area contributed by atoms with Crippen LogP contribution in [0.4, 0.5) is 0 Å². The van der Waals surface area contributed by atoms with E-state index in [-0.39, 0.29) is 25.7 Å². The smallest absolute Gasteiger partial charge is 0.462 e. The van der Waals surface area contributed by atoms with Crippen molar-refractivity contribution in [2.24, 2.45) is 11.8 Å². The summed E-state index contributed by atoms with van der Waals surface area (Å²) in [6.45, 7) is 9.45. The number of unbranched alkanes of at least 4 members (excludes halogenated alkanes) is 39. The van der Waals surface area contributed by atoms with Gasteiger partial charge in [-0.1, -0.05) is 305 Å². The van der Waals surface area contributed by atoms with Gasteiger partial charge in [0.15, 0.2) is 12.2 Å². The standard InChI is InChI=1S/C70H136O17P2/c1-7-9-11-13-14-15-16-17-19-23-26-29-35-41-47-53-68(73)81-59-66(87-69(74)54-48-42-36-30-27-24-21-18-20-22-25-28-33-39-44-50-62(3)4)61-85-89(78,79)83-57-64(71)56-82-88(76,77)84-60-65(58-80-67(72)52-46-38-12-10-8-2)86-70(75)55-49-43-37-32-31-34-40-45-51-63(5)6/h62-66,71H,7-61H2,1-6H3,(H,76,77)(H,78,79)/t64-,65+,66+/m0/s1. The fourth-order valence-electron chi connectivity index (χ4n) is 10.6. The van der Waals surface area contributed by atoms with E-state index in [9.17, 15) is 43.2 Å². The van der Waals surface area contributed by atoms with Gasteiger partial charge in [0.05, 0.1) is 26.4 Å². The van der Waals surface area contributed by atoms with Crippen molar-refractivity contribution in [2.45, 2.75) is 374 Å². The molecule has 5 atom stereocenters. The third-order valence-corrected chi connectivity index (χ3v) is 18.1. The van der Waals surface area contributed by atoms with Crippen LogP contribution in [0.15, 0.2) is 0 Å². The van der Waals surface area contributed by atoms with E-state index in [1.807, 2.05) is 0 Å². The van der Waals surface area contributed by atoms with E-state index in [0.29, 0.717) is 25.7 Å².